The number of amides is 1. The smallest absolute Gasteiger partial charge is 0.337 e. The zero-order valence-electron chi connectivity index (χ0n) is 21.0. The molecule has 3 aromatic carbocycles. The molecule has 8 nitrogen and oxygen atoms in total. The van der Waals surface area contributed by atoms with E-state index in [-0.39, 0.29) is 12.1 Å². The highest BCUT2D eigenvalue weighted by Crippen LogP contribution is 2.39. The minimum absolute atomic E-state index is 0.234. The van der Waals surface area contributed by atoms with E-state index < -0.39 is 35.4 Å². The van der Waals surface area contributed by atoms with Crippen LogP contribution in [0.5, 0.6) is 5.75 Å². The van der Waals surface area contributed by atoms with Crippen LogP contribution >= 0.6 is 0 Å². The lowest BCUT2D eigenvalue weighted by Crippen LogP contribution is -2.32. The van der Waals surface area contributed by atoms with Gasteiger partial charge in [0.25, 0.3) is 5.91 Å². The van der Waals surface area contributed by atoms with E-state index in [2.05, 4.69) is 4.98 Å². The number of nitrogens with zero attached hydrogens (tertiary/aromatic N) is 1. The van der Waals surface area contributed by atoms with Crippen LogP contribution in [0.1, 0.15) is 37.9 Å². The predicted octanol–water partition coefficient (Wildman–Crippen LogP) is 4.16. The summed E-state index contributed by atoms with van der Waals surface area (Å²) < 4.78 is 10.0. The Bertz CT molecular complexity index is 1540. The highest BCUT2D eigenvalue weighted by molar-refractivity contribution is 6.44. The van der Waals surface area contributed by atoms with Crippen LogP contribution in [0.2, 0.25) is 0 Å². The molecule has 38 heavy (non-hydrogen) atoms. The Labute approximate surface area is 219 Å². The molecular formula is C30H26N2O6. The maximum Gasteiger partial charge on any atom is 0.337 e. The molecule has 1 amide bonds. The first-order valence-electron chi connectivity index (χ1n) is 12.2. The van der Waals surface area contributed by atoms with Gasteiger partial charge < -0.3 is 19.4 Å². The Kier molecular flexibility index (Phi) is 6.79. The maximum atomic E-state index is 13.7. The van der Waals surface area contributed by atoms with Gasteiger partial charge in [0.15, 0.2) is 5.78 Å². The molecule has 0 bridgehead atoms. The second kappa shape index (κ2) is 10.3. The van der Waals surface area contributed by atoms with Crippen LogP contribution in [0.15, 0.2) is 79.0 Å². The number of Topliss-reactive ketones (excluding diaryl/α,β-unsaturated/α-hetero) is 2. The molecule has 2 atom stereocenters. The molecular weight excluding hydrogens is 484 g/mol. The van der Waals surface area contributed by atoms with Crippen LogP contribution in [0.4, 0.5) is 0 Å². The van der Waals surface area contributed by atoms with Crippen molar-refractivity contribution in [1.29, 1.82) is 0 Å². The summed E-state index contributed by atoms with van der Waals surface area (Å²) in [5, 5.41) is 1.04. The van der Waals surface area contributed by atoms with E-state index in [1.807, 2.05) is 30.5 Å². The van der Waals surface area contributed by atoms with E-state index in [1.165, 1.54) is 19.1 Å². The van der Waals surface area contributed by atoms with Crippen LogP contribution < -0.4 is 4.74 Å². The fourth-order valence-electron chi connectivity index (χ4n) is 5.07. The van der Waals surface area contributed by atoms with Crippen molar-refractivity contribution >= 4 is 34.3 Å². The molecule has 0 saturated carbocycles. The molecule has 2 unspecified atom stereocenters. The van der Waals surface area contributed by atoms with E-state index in [9.17, 15) is 19.2 Å². The highest BCUT2D eigenvalue weighted by Gasteiger charge is 2.51. The van der Waals surface area contributed by atoms with Crippen molar-refractivity contribution in [3.05, 3.63) is 101 Å². The number of methoxy groups -OCH3 is 2. The number of nitrogens with one attached hydrogen (secondary N) is 1. The zero-order valence-corrected chi connectivity index (χ0v) is 21.0. The summed E-state index contributed by atoms with van der Waals surface area (Å²) in [5.41, 5.74) is 3.17. The van der Waals surface area contributed by atoms with Gasteiger partial charge in [-0.05, 0) is 47.9 Å². The topological polar surface area (TPSA) is 106 Å². The Balaban J connectivity index is 1.52. The third-order valence-electron chi connectivity index (χ3n) is 7.01. The zero-order chi connectivity index (χ0) is 26.8. The van der Waals surface area contributed by atoms with Gasteiger partial charge in [0.05, 0.1) is 25.8 Å². The van der Waals surface area contributed by atoms with Gasteiger partial charge >= 0.3 is 5.97 Å². The largest absolute Gasteiger partial charge is 0.497 e. The average molecular weight is 511 g/mol. The van der Waals surface area contributed by atoms with Gasteiger partial charge in [-0.2, -0.15) is 0 Å². The van der Waals surface area contributed by atoms with Gasteiger partial charge in [0, 0.05) is 29.2 Å². The van der Waals surface area contributed by atoms with Crippen LogP contribution in [-0.4, -0.2) is 54.1 Å². The second-order valence-electron chi connectivity index (χ2n) is 9.10. The van der Waals surface area contributed by atoms with Crippen molar-refractivity contribution in [2.75, 3.05) is 20.8 Å². The number of ether oxygens (including phenoxy) is 2. The van der Waals surface area contributed by atoms with Crippen molar-refractivity contribution in [2.24, 2.45) is 5.92 Å². The first-order valence-corrected chi connectivity index (χ1v) is 12.2. The number of hydrogen-bond acceptors (Lipinski definition) is 6. The molecule has 5 rings (SSSR count). The number of para-hydroxylation sites is 1. The number of esters is 1. The standard InChI is InChI=1S/C30H26N2O6/c1-37-22-7-5-6-20(16-22)27(33)25-26(18-10-12-19(13-11-18)30(36)38-2)32(29(35)28(25)34)15-14-21-17-31-24-9-4-3-8-23(21)24/h3-13,16-17,25-26,31H,14-15H2,1-2H3. The fourth-order valence-corrected chi connectivity index (χ4v) is 5.07. The molecule has 1 aliphatic rings. The molecule has 2 heterocycles. The van der Waals surface area contributed by atoms with Gasteiger partial charge in [-0.15, -0.1) is 0 Å². The Morgan fingerprint density at radius 3 is 2.42 bits per heavy atom. The summed E-state index contributed by atoms with van der Waals surface area (Å²) >= 11 is 0. The lowest BCUT2D eigenvalue weighted by molar-refractivity contribution is -0.140. The SMILES string of the molecule is COC(=O)c1ccc(C2C(C(=O)c3cccc(OC)c3)C(=O)C(=O)N2CCc2c[nH]c3ccccc23)cc1. The van der Waals surface area contributed by atoms with E-state index in [0.29, 0.717) is 23.3 Å². The number of carbonyl (C=O) groups excluding carboxylic acids is 4. The number of aromatic nitrogens is 1. The normalized spacial score (nSPS) is 17.2. The van der Waals surface area contributed by atoms with E-state index in [4.69, 9.17) is 9.47 Å². The van der Waals surface area contributed by atoms with Crippen molar-refractivity contribution in [3.8, 4) is 5.75 Å². The fraction of sp³-hybridized carbons (Fsp3) is 0.200. The van der Waals surface area contributed by atoms with Crippen LogP contribution in [-0.2, 0) is 20.7 Å². The van der Waals surface area contributed by atoms with E-state index in [1.54, 1.807) is 48.5 Å². The molecule has 1 aliphatic heterocycles. The number of aromatic amines is 1. The number of H-pyrrole nitrogens is 1. The predicted molar refractivity (Wildman–Crippen MR) is 140 cm³/mol. The van der Waals surface area contributed by atoms with Crippen molar-refractivity contribution in [1.82, 2.24) is 9.88 Å². The van der Waals surface area contributed by atoms with Gasteiger partial charge in [-0.1, -0.05) is 42.5 Å². The number of benzene rings is 3. The number of rotatable bonds is 8. The molecule has 0 aliphatic carbocycles. The minimum Gasteiger partial charge on any atom is -0.497 e. The monoisotopic (exact) mass is 510 g/mol. The third-order valence-corrected chi connectivity index (χ3v) is 7.01. The minimum atomic E-state index is -1.23. The molecule has 1 aromatic heterocycles. The first-order chi connectivity index (χ1) is 18.4. The number of ketones is 2. The number of fused-ring (bicyclic) bond motifs is 1. The van der Waals surface area contributed by atoms with Gasteiger partial charge in [-0.25, -0.2) is 4.79 Å². The van der Waals surface area contributed by atoms with Gasteiger partial charge in [0.2, 0.25) is 5.78 Å². The summed E-state index contributed by atoms with van der Waals surface area (Å²) in [5.74, 6) is -3.18. The summed E-state index contributed by atoms with van der Waals surface area (Å²) in [6, 6.07) is 20.0. The number of hydrogen-bond donors (Lipinski definition) is 1. The van der Waals surface area contributed by atoms with Crippen molar-refractivity contribution < 1.29 is 28.7 Å². The maximum absolute atomic E-state index is 13.7. The molecule has 1 fully saturated rings. The molecule has 8 heteroatoms. The third kappa shape index (κ3) is 4.45. The molecule has 0 spiro atoms. The average Bonchev–Trinajstić information content (AvgIpc) is 3.49. The highest BCUT2D eigenvalue weighted by atomic mass is 16.5. The lowest BCUT2D eigenvalue weighted by Gasteiger charge is -2.27. The molecule has 0 radical (unpaired) electrons. The summed E-state index contributed by atoms with van der Waals surface area (Å²) in [4.78, 5) is 57.0. The summed E-state index contributed by atoms with van der Waals surface area (Å²) in [7, 11) is 2.78. The quantitative estimate of drug-likeness (QED) is 0.165. The Hall–Kier alpha value is -4.72. The van der Waals surface area contributed by atoms with Crippen molar-refractivity contribution in [3.63, 3.8) is 0 Å². The number of likely N-dealkylation sites (tertiary alicyclic amines) is 1. The second-order valence-corrected chi connectivity index (χ2v) is 9.10. The number of carbonyl (C=O) groups is 4. The van der Waals surface area contributed by atoms with Crippen LogP contribution in [0.25, 0.3) is 10.9 Å². The Morgan fingerprint density at radius 1 is 0.921 bits per heavy atom. The molecule has 1 saturated heterocycles. The van der Waals surface area contributed by atoms with E-state index >= 15 is 0 Å². The van der Waals surface area contributed by atoms with E-state index in [0.717, 1.165) is 16.5 Å². The summed E-state index contributed by atoms with van der Waals surface area (Å²) in [6.07, 6.45) is 2.38. The van der Waals surface area contributed by atoms with Gasteiger partial charge in [-0.3, -0.25) is 14.4 Å². The van der Waals surface area contributed by atoms with Crippen molar-refractivity contribution in [2.45, 2.75) is 12.5 Å². The molecule has 192 valence electrons. The van der Waals surface area contributed by atoms with Crippen LogP contribution in [0.3, 0.4) is 0 Å². The lowest BCUT2D eigenvalue weighted by atomic mass is 9.86. The Morgan fingerprint density at radius 2 is 1.68 bits per heavy atom. The molecule has 1 N–H and O–H groups in total. The van der Waals surface area contributed by atoms with Crippen LogP contribution in [0, 0.1) is 5.92 Å². The van der Waals surface area contributed by atoms with Gasteiger partial charge in [0.1, 0.15) is 11.7 Å². The summed E-state index contributed by atoms with van der Waals surface area (Å²) in [6.45, 7) is 0.234. The first kappa shape index (κ1) is 25.0. The molecule has 4 aromatic rings.